The first-order valence-corrected chi connectivity index (χ1v) is 3.63. The summed E-state index contributed by atoms with van der Waals surface area (Å²) >= 11 is 0. The molecule has 0 aliphatic rings. The molecule has 0 radical (unpaired) electrons. The zero-order chi connectivity index (χ0) is 10.9. The third-order valence-corrected chi connectivity index (χ3v) is 1.68. The number of hydrogen-bond acceptors (Lipinski definition) is 2. The van der Waals surface area contributed by atoms with Crippen LogP contribution in [0.2, 0.25) is 0 Å². The highest BCUT2D eigenvalue weighted by molar-refractivity contribution is 5.30. The summed E-state index contributed by atoms with van der Waals surface area (Å²) in [5.74, 6) is -1.83. The molecule has 0 saturated carbocycles. The highest BCUT2D eigenvalue weighted by Gasteiger charge is 2.38. The van der Waals surface area contributed by atoms with Crippen molar-refractivity contribution in [3.63, 3.8) is 0 Å². The van der Waals surface area contributed by atoms with Crippen LogP contribution in [-0.4, -0.2) is 11.3 Å². The molecule has 78 valence electrons. The molecule has 6 heteroatoms. The first-order chi connectivity index (χ1) is 6.32. The number of phenolic OH excluding ortho intramolecular Hbond substituents is 1. The SMILES string of the molecule is NC(c1ccc(O)c(F)c1)C(F)(F)F. The fraction of sp³-hybridized carbons (Fsp3) is 0.250. The quantitative estimate of drug-likeness (QED) is 0.695. The monoisotopic (exact) mass is 209 g/mol. The zero-order valence-electron chi connectivity index (χ0n) is 6.85. The number of alkyl halides is 3. The lowest BCUT2D eigenvalue weighted by atomic mass is 10.1. The van der Waals surface area contributed by atoms with Gasteiger partial charge in [-0.05, 0) is 17.7 Å². The van der Waals surface area contributed by atoms with Crippen LogP contribution in [0.25, 0.3) is 0 Å². The van der Waals surface area contributed by atoms with Crippen LogP contribution in [0.1, 0.15) is 11.6 Å². The van der Waals surface area contributed by atoms with E-state index in [1.54, 1.807) is 0 Å². The summed E-state index contributed by atoms with van der Waals surface area (Å²) in [5, 5.41) is 8.73. The fourth-order valence-corrected chi connectivity index (χ4v) is 0.906. The number of rotatable bonds is 1. The summed E-state index contributed by atoms with van der Waals surface area (Å²) in [7, 11) is 0. The smallest absolute Gasteiger partial charge is 0.407 e. The molecule has 0 spiro atoms. The number of halogens is 4. The average molecular weight is 209 g/mol. The van der Waals surface area contributed by atoms with E-state index < -0.39 is 29.3 Å². The molecule has 0 amide bonds. The van der Waals surface area contributed by atoms with Gasteiger partial charge in [-0.15, -0.1) is 0 Å². The Morgan fingerprint density at radius 3 is 2.29 bits per heavy atom. The van der Waals surface area contributed by atoms with Crippen molar-refractivity contribution >= 4 is 0 Å². The van der Waals surface area contributed by atoms with Crippen LogP contribution in [0.4, 0.5) is 17.6 Å². The van der Waals surface area contributed by atoms with Crippen molar-refractivity contribution in [3.05, 3.63) is 29.6 Å². The van der Waals surface area contributed by atoms with Crippen molar-refractivity contribution in [2.45, 2.75) is 12.2 Å². The van der Waals surface area contributed by atoms with E-state index >= 15 is 0 Å². The van der Waals surface area contributed by atoms with Gasteiger partial charge < -0.3 is 10.8 Å². The Bertz CT molecular complexity index is 337. The zero-order valence-corrected chi connectivity index (χ0v) is 6.85. The second-order valence-corrected chi connectivity index (χ2v) is 2.73. The molecule has 0 aliphatic carbocycles. The minimum atomic E-state index is -4.62. The molecule has 0 heterocycles. The second kappa shape index (κ2) is 3.45. The van der Waals surface area contributed by atoms with Crippen molar-refractivity contribution in [2.24, 2.45) is 5.73 Å². The molecule has 0 aliphatic heterocycles. The number of hydrogen-bond donors (Lipinski definition) is 2. The van der Waals surface area contributed by atoms with Gasteiger partial charge in [0, 0.05) is 0 Å². The Morgan fingerprint density at radius 2 is 1.86 bits per heavy atom. The average Bonchev–Trinajstić information content (AvgIpc) is 2.07. The molecular weight excluding hydrogens is 202 g/mol. The maximum atomic E-state index is 12.7. The van der Waals surface area contributed by atoms with E-state index in [4.69, 9.17) is 10.8 Å². The van der Waals surface area contributed by atoms with Crippen LogP contribution in [0.3, 0.4) is 0 Å². The summed E-state index contributed by atoms with van der Waals surface area (Å²) in [5.41, 5.74) is 4.39. The molecule has 0 fully saturated rings. The third-order valence-electron chi connectivity index (χ3n) is 1.68. The topological polar surface area (TPSA) is 46.2 Å². The standard InChI is InChI=1S/C8H7F4NO/c9-5-3-4(1-2-6(5)14)7(13)8(10,11)12/h1-3,7,14H,13H2. The minimum absolute atomic E-state index is 0.423. The molecule has 1 unspecified atom stereocenters. The van der Waals surface area contributed by atoms with Crippen LogP contribution in [-0.2, 0) is 0 Å². The van der Waals surface area contributed by atoms with Gasteiger partial charge in [-0.1, -0.05) is 6.07 Å². The number of phenols is 1. The van der Waals surface area contributed by atoms with Crippen LogP contribution >= 0.6 is 0 Å². The lowest BCUT2D eigenvalue weighted by Crippen LogP contribution is -2.28. The van der Waals surface area contributed by atoms with Gasteiger partial charge in [-0.2, -0.15) is 13.2 Å². The molecule has 1 atom stereocenters. The molecule has 1 rings (SSSR count). The molecule has 0 bridgehead atoms. The van der Waals surface area contributed by atoms with Crippen LogP contribution in [0.15, 0.2) is 18.2 Å². The molecule has 2 nitrogen and oxygen atoms in total. The van der Waals surface area contributed by atoms with Gasteiger partial charge in [0.25, 0.3) is 0 Å². The lowest BCUT2D eigenvalue weighted by molar-refractivity contribution is -0.149. The summed E-state index contributed by atoms with van der Waals surface area (Å²) < 4.78 is 48.8. The Balaban J connectivity index is 3.03. The summed E-state index contributed by atoms with van der Waals surface area (Å²) in [6.07, 6.45) is -4.62. The minimum Gasteiger partial charge on any atom is -0.505 e. The Morgan fingerprint density at radius 1 is 1.29 bits per heavy atom. The predicted molar refractivity (Wildman–Crippen MR) is 41.0 cm³/mol. The lowest BCUT2D eigenvalue weighted by Gasteiger charge is -2.15. The largest absolute Gasteiger partial charge is 0.505 e. The van der Waals surface area contributed by atoms with E-state index in [0.717, 1.165) is 12.1 Å². The van der Waals surface area contributed by atoms with Crippen molar-refractivity contribution in [1.29, 1.82) is 0 Å². The van der Waals surface area contributed by atoms with Crippen LogP contribution in [0, 0.1) is 5.82 Å². The summed E-state index contributed by atoms with van der Waals surface area (Å²) in [6, 6.07) is 0.0814. The maximum Gasteiger partial charge on any atom is 0.407 e. The van der Waals surface area contributed by atoms with Crippen LogP contribution in [0.5, 0.6) is 5.75 Å². The molecule has 14 heavy (non-hydrogen) atoms. The fourth-order valence-electron chi connectivity index (χ4n) is 0.906. The molecule has 1 aromatic rings. The molecule has 1 aromatic carbocycles. The number of aromatic hydroxyl groups is 1. The van der Waals surface area contributed by atoms with Crippen molar-refractivity contribution in [2.75, 3.05) is 0 Å². The van der Waals surface area contributed by atoms with Gasteiger partial charge >= 0.3 is 6.18 Å². The van der Waals surface area contributed by atoms with Gasteiger partial charge in [0.05, 0.1) is 0 Å². The third kappa shape index (κ3) is 2.14. The van der Waals surface area contributed by atoms with E-state index in [0.29, 0.717) is 6.07 Å². The van der Waals surface area contributed by atoms with Gasteiger partial charge in [-0.3, -0.25) is 0 Å². The van der Waals surface area contributed by atoms with E-state index in [-0.39, 0.29) is 0 Å². The van der Waals surface area contributed by atoms with E-state index in [9.17, 15) is 17.6 Å². The van der Waals surface area contributed by atoms with Gasteiger partial charge in [0.1, 0.15) is 6.04 Å². The van der Waals surface area contributed by atoms with Gasteiger partial charge in [-0.25, -0.2) is 4.39 Å². The maximum absolute atomic E-state index is 12.7. The summed E-state index contributed by atoms with van der Waals surface area (Å²) in [6.45, 7) is 0. The molecule has 3 N–H and O–H groups in total. The summed E-state index contributed by atoms with van der Waals surface area (Å²) in [4.78, 5) is 0. The Hall–Kier alpha value is -1.30. The number of benzene rings is 1. The van der Waals surface area contributed by atoms with Gasteiger partial charge in [0.2, 0.25) is 0 Å². The number of nitrogens with two attached hydrogens (primary N) is 1. The first kappa shape index (κ1) is 10.8. The molecule has 0 saturated heterocycles. The first-order valence-electron chi connectivity index (χ1n) is 3.63. The highest BCUT2D eigenvalue weighted by Crippen LogP contribution is 2.31. The normalized spacial score (nSPS) is 14.1. The Labute approximate surface area is 77.0 Å². The van der Waals surface area contributed by atoms with E-state index in [1.165, 1.54) is 0 Å². The highest BCUT2D eigenvalue weighted by atomic mass is 19.4. The van der Waals surface area contributed by atoms with Crippen molar-refractivity contribution in [3.8, 4) is 5.75 Å². The van der Waals surface area contributed by atoms with E-state index in [2.05, 4.69) is 0 Å². The van der Waals surface area contributed by atoms with E-state index in [1.807, 2.05) is 0 Å². The molecule has 0 aromatic heterocycles. The van der Waals surface area contributed by atoms with Crippen molar-refractivity contribution in [1.82, 2.24) is 0 Å². The second-order valence-electron chi connectivity index (χ2n) is 2.73. The molecular formula is C8H7F4NO. The van der Waals surface area contributed by atoms with Crippen molar-refractivity contribution < 1.29 is 22.7 Å². The van der Waals surface area contributed by atoms with Gasteiger partial charge in [0.15, 0.2) is 11.6 Å². The predicted octanol–water partition coefficient (Wildman–Crippen LogP) is 2.09. The Kier molecular flexibility index (Phi) is 2.66. The van der Waals surface area contributed by atoms with Crippen LogP contribution < -0.4 is 5.73 Å².